The van der Waals surface area contributed by atoms with Crippen LogP contribution in [0.2, 0.25) is 0 Å². The standard InChI is InChI=1S/C33H64O6/c1-3-5-7-9-11-12-13-14-15-16-17-18-19-20-21-22-23-24-26-28-31(35)39-32(36)33(37,30-34)38-29-27-25-10-8-6-4-2/h34,37H,3-30H2,1-2H3. The summed E-state index contributed by atoms with van der Waals surface area (Å²) in [6.45, 7) is 3.62. The summed E-state index contributed by atoms with van der Waals surface area (Å²) in [5.74, 6) is -4.37. The molecule has 0 radical (unpaired) electrons. The van der Waals surface area contributed by atoms with Gasteiger partial charge in [-0.05, 0) is 12.8 Å². The number of unbranched alkanes of at least 4 members (excludes halogenated alkanes) is 23. The number of rotatable bonds is 30. The van der Waals surface area contributed by atoms with Gasteiger partial charge >= 0.3 is 11.9 Å². The molecule has 0 spiro atoms. The van der Waals surface area contributed by atoms with Crippen molar-refractivity contribution in [2.24, 2.45) is 0 Å². The van der Waals surface area contributed by atoms with Gasteiger partial charge in [0, 0.05) is 6.42 Å². The van der Waals surface area contributed by atoms with Crippen molar-refractivity contribution >= 4 is 11.9 Å². The first-order valence-corrected chi connectivity index (χ1v) is 16.7. The first-order chi connectivity index (χ1) is 19.0. The molecule has 0 saturated carbocycles. The summed E-state index contributed by atoms with van der Waals surface area (Å²) >= 11 is 0. The molecule has 0 aliphatic rings. The van der Waals surface area contributed by atoms with E-state index in [1.165, 1.54) is 116 Å². The van der Waals surface area contributed by atoms with E-state index in [-0.39, 0.29) is 13.0 Å². The van der Waals surface area contributed by atoms with E-state index in [0.717, 1.165) is 32.1 Å². The van der Waals surface area contributed by atoms with Crippen molar-refractivity contribution in [2.75, 3.05) is 13.2 Å². The van der Waals surface area contributed by atoms with Gasteiger partial charge in [0.05, 0.1) is 6.61 Å². The number of aliphatic hydroxyl groups excluding tert-OH is 1. The monoisotopic (exact) mass is 556 g/mol. The highest BCUT2D eigenvalue weighted by molar-refractivity contribution is 5.89. The van der Waals surface area contributed by atoms with Gasteiger partial charge in [-0.15, -0.1) is 0 Å². The summed E-state index contributed by atoms with van der Waals surface area (Å²) in [5, 5.41) is 19.6. The van der Waals surface area contributed by atoms with Crippen LogP contribution in [0.15, 0.2) is 0 Å². The molecule has 0 heterocycles. The smallest absolute Gasteiger partial charge is 0.376 e. The molecule has 1 unspecified atom stereocenters. The highest BCUT2D eigenvalue weighted by Gasteiger charge is 2.40. The normalized spacial score (nSPS) is 12.9. The Morgan fingerprint density at radius 1 is 0.538 bits per heavy atom. The molecule has 2 N–H and O–H groups in total. The Bertz CT molecular complexity index is 552. The molecule has 0 aliphatic heterocycles. The van der Waals surface area contributed by atoms with E-state index < -0.39 is 24.3 Å². The van der Waals surface area contributed by atoms with E-state index in [1.54, 1.807) is 0 Å². The number of esters is 2. The van der Waals surface area contributed by atoms with Crippen LogP contribution in [0.5, 0.6) is 0 Å². The van der Waals surface area contributed by atoms with Crippen LogP contribution in [0.1, 0.15) is 181 Å². The van der Waals surface area contributed by atoms with Crippen molar-refractivity contribution in [2.45, 2.75) is 187 Å². The van der Waals surface area contributed by atoms with Crippen molar-refractivity contribution in [3.05, 3.63) is 0 Å². The molecule has 0 rings (SSSR count). The Labute approximate surface area is 241 Å². The Kier molecular flexibility index (Phi) is 27.8. The van der Waals surface area contributed by atoms with Gasteiger partial charge in [0.2, 0.25) is 0 Å². The van der Waals surface area contributed by atoms with Crippen molar-refractivity contribution in [1.82, 2.24) is 0 Å². The fourth-order valence-electron chi connectivity index (χ4n) is 4.87. The number of carbonyl (C=O) groups is 2. The second-order valence-electron chi connectivity index (χ2n) is 11.4. The molecule has 1 atom stereocenters. The predicted octanol–water partition coefficient (Wildman–Crippen LogP) is 8.94. The number of hydrogen-bond donors (Lipinski definition) is 2. The van der Waals surface area contributed by atoms with Gasteiger partial charge in [-0.25, -0.2) is 4.79 Å². The molecule has 0 aliphatic carbocycles. The van der Waals surface area contributed by atoms with E-state index in [9.17, 15) is 19.8 Å². The number of carbonyl (C=O) groups excluding carboxylic acids is 2. The van der Waals surface area contributed by atoms with E-state index in [4.69, 9.17) is 9.47 Å². The van der Waals surface area contributed by atoms with Gasteiger partial charge in [0.1, 0.15) is 6.61 Å². The second kappa shape index (κ2) is 28.5. The van der Waals surface area contributed by atoms with Crippen LogP contribution >= 0.6 is 0 Å². The lowest BCUT2D eigenvalue weighted by molar-refractivity contribution is -0.239. The maximum atomic E-state index is 12.1. The van der Waals surface area contributed by atoms with Crippen LogP contribution in [0.4, 0.5) is 0 Å². The highest BCUT2D eigenvalue weighted by Crippen LogP contribution is 2.16. The molecule has 232 valence electrons. The third kappa shape index (κ3) is 24.5. The summed E-state index contributed by atoms with van der Waals surface area (Å²) in [5.41, 5.74) is 0. The van der Waals surface area contributed by atoms with E-state index in [1.807, 2.05) is 0 Å². The summed E-state index contributed by atoms with van der Waals surface area (Å²) in [7, 11) is 0. The predicted molar refractivity (Wildman–Crippen MR) is 160 cm³/mol. The first-order valence-electron chi connectivity index (χ1n) is 16.7. The van der Waals surface area contributed by atoms with Crippen molar-refractivity contribution < 1.29 is 29.3 Å². The van der Waals surface area contributed by atoms with Gasteiger partial charge in [-0.2, -0.15) is 0 Å². The maximum Gasteiger partial charge on any atom is 0.376 e. The average Bonchev–Trinajstić information content (AvgIpc) is 2.93. The molecule has 0 fully saturated rings. The minimum Gasteiger partial charge on any atom is -0.390 e. The largest absolute Gasteiger partial charge is 0.390 e. The van der Waals surface area contributed by atoms with E-state index in [2.05, 4.69) is 13.8 Å². The summed E-state index contributed by atoms with van der Waals surface area (Å²) < 4.78 is 9.91. The number of aliphatic hydroxyl groups is 2. The van der Waals surface area contributed by atoms with Gasteiger partial charge in [0.15, 0.2) is 0 Å². The lowest BCUT2D eigenvalue weighted by Gasteiger charge is -2.23. The number of hydrogen-bond acceptors (Lipinski definition) is 6. The molecule has 0 saturated heterocycles. The molecule has 0 aromatic carbocycles. The quantitative estimate of drug-likeness (QED) is 0.0397. The molecule has 0 aromatic heterocycles. The molecule has 0 amide bonds. The Hall–Kier alpha value is -0.980. The van der Waals surface area contributed by atoms with E-state index >= 15 is 0 Å². The number of ether oxygens (including phenoxy) is 2. The minimum atomic E-state index is -2.47. The lowest BCUT2D eigenvalue weighted by atomic mass is 10.0. The van der Waals surface area contributed by atoms with Crippen LogP contribution in [-0.2, 0) is 19.1 Å². The molecular formula is C33H64O6. The van der Waals surface area contributed by atoms with Gasteiger partial charge in [-0.1, -0.05) is 162 Å². The molecular weight excluding hydrogens is 492 g/mol. The summed E-state index contributed by atoms with van der Waals surface area (Å²) in [6.07, 6.45) is 30.7. The van der Waals surface area contributed by atoms with Crippen LogP contribution in [-0.4, -0.2) is 41.2 Å². The fourth-order valence-corrected chi connectivity index (χ4v) is 4.87. The van der Waals surface area contributed by atoms with Crippen LogP contribution in [0, 0.1) is 0 Å². The zero-order valence-corrected chi connectivity index (χ0v) is 25.8. The summed E-state index contributed by atoms with van der Waals surface area (Å²) in [4.78, 5) is 24.1. The zero-order valence-electron chi connectivity index (χ0n) is 25.8. The molecule has 0 aromatic rings. The van der Waals surface area contributed by atoms with Crippen molar-refractivity contribution in [3.8, 4) is 0 Å². The lowest BCUT2D eigenvalue weighted by Crippen LogP contribution is -2.47. The summed E-state index contributed by atoms with van der Waals surface area (Å²) in [6, 6.07) is 0. The SMILES string of the molecule is CCCCCCCCCCCCCCCCCCCCCC(=O)OC(=O)C(O)(CO)OCCCCCCCC. The van der Waals surface area contributed by atoms with Crippen LogP contribution < -0.4 is 0 Å². The van der Waals surface area contributed by atoms with Crippen molar-refractivity contribution in [1.29, 1.82) is 0 Å². The zero-order chi connectivity index (χ0) is 28.9. The first kappa shape index (κ1) is 38.0. The maximum absolute atomic E-state index is 12.1. The minimum absolute atomic E-state index is 0.129. The molecule has 39 heavy (non-hydrogen) atoms. The highest BCUT2D eigenvalue weighted by atomic mass is 16.7. The van der Waals surface area contributed by atoms with Crippen LogP contribution in [0.3, 0.4) is 0 Å². The van der Waals surface area contributed by atoms with Gasteiger partial charge in [0.25, 0.3) is 5.79 Å². The van der Waals surface area contributed by atoms with Gasteiger partial charge < -0.3 is 19.7 Å². The molecule has 0 bridgehead atoms. The Morgan fingerprint density at radius 2 is 0.872 bits per heavy atom. The van der Waals surface area contributed by atoms with Gasteiger partial charge in [-0.3, -0.25) is 4.79 Å². The molecule has 6 heteroatoms. The van der Waals surface area contributed by atoms with Crippen LogP contribution in [0.25, 0.3) is 0 Å². The Balaban J connectivity index is 3.57. The third-order valence-corrected chi connectivity index (χ3v) is 7.56. The topological polar surface area (TPSA) is 93.1 Å². The second-order valence-corrected chi connectivity index (χ2v) is 11.4. The molecule has 6 nitrogen and oxygen atoms in total. The fraction of sp³-hybridized carbons (Fsp3) is 0.939. The average molecular weight is 557 g/mol. The van der Waals surface area contributed by atoms with Crippen molar-refractivity contribution in [3.63, 3.8) is 0 Å². The van der Waals surface area contributed by atoms with E-state index in [0.29, 0.717) is 12.8 Å². The third-order valence-electron chi connectivity index (χ3n) is 7.56. The Morgan fingerprint density at radius 3 is 1.23 bits per heavy atom.